The summed E-state index contributed by atoms with van der Waals surface area (Å²) in [5.41, 5.74) is 10.9. The zero-order valence-corrected chi connectivity index (χ0v) is 26.1. The highest BCUT2D eigenvalue weighted by atomic mass is 16.3. The van der Waals surface area contributed by atoms with E-state index in [-0.39, 0.29) is 0 Å². The molecule has 0 bridgehead atoms. The molecule has 6 heteroatoms. The highest BCUT2D eigenvalue weighted by Gasteiger charge is 2.22. The molecule has 4 heterocycles. The van der Waals surface area contributed by atoms with Crippen LogP contribution in [0, 0.1) is 0 Å². The molecule has 228 valence electrons. The lowest BCUT2D eigenvalue weighted by Crippen LogP contribution is -2.06. The monoisotopic (exact) mass is 627 g/mol. The average molecular weight is 628 g/mol. The molecule has 0 aliphatic carbocycles. The number of nitrogens with zero attached hydrogens (tertiary/aromatic N) is 5. The Morgan fingerprint density at radius 1 is 0.449 bits per heavy atom. The van der Waals surface area contributed by atoms with Gasteiger partial charge in [-0.05, 0) is 77.2 Å². The lowest BCUT2D eigenvalue weighted by molar-refractivity contribution is 0.620. The Morgan fingerprint density at radius 2 is 1.08 bits per heavy atom. The van der Waals surface area contributed by atoms with E-state index in [2.05, 4.69) is 124 Å². The summed E-state index contributed by atoms with van der Waals surface area (Å²) in [6.07, 6.45) is 0. The van der Waals surface area contributed by atoms with Gasteiger partial charge in [-0.2, -0.15) is 0 Å². The van der Waals surface area contributed by atoms with Gasteiger partial charge in [-0.1, -0.05) is 91.0 Å². The summed E-state index contributed by atoms with van der Waals surface area (Å²) in [6, 6.07) is 52.7. The summed E-state index contributed by atoms with van der Waals surface area (Å²) in [6.45, 7) is 0. The zero-order valence-electron chi connectivity index (χ0n) is 26.1. The molecule has 4 aromatic heterocycles. The van der Waals surface area contributed by atoms with Crippen molar-refractivity contribution in [2.45, 2.75) is 0 Å². The minimum absolute atomic E-state index is 0.623. The van der Waals surface area contributed by atoms with Gasteiger partial charge in [-0.25, -0.2) is 15.0 Å². The summed E-state index contributed by atoms with van der Waals surface area (Å²) >= 11 is 0. The summed E-state index contributed by atoms with van der Waals surface area (Å²) in [7, 11) is 0. The van der Waals surface area contributed by atoms with Crippen molar-refractivity contribution in [2.75, 3.05) is 0 Å². The number of benzene rings is 7. The molecule has 0 radical (unpaired) electrons. The number of oxazole rings is 1. The van der Waals surface area contributed by atoms with Crippen molar-refractivity contribution >= 4 is 71.3 Å². The molecule has 11 aromatic rings. The second-order valence-corrected chi connectivity index (χ2v) is 12.5. The number of aromatic nitrogens is 5. The molecule has 0 aliphatic rings. The van der Waals surface area contributed by atoms with Gasteiger partial charge >= 0.3 is 0 Å². The van der Waals surface area contributed by atoms with Crippen LogP contribution >= 0.6 is 0 Å². The molecule has 0 amide bonds. The third-order valence-corrected chi connectivity index (χ3v) is 9.74. The second-order valence-electron chi connectivity index (χ2n) is 12.5. The van der Waals surface area contributed by atoms with Gasteiger partial charge in [-0.15, -0.1) is 0 Å². The highest BCUT2D eigenvalue weighted by Crippen LogP contribution is 2.42. The van der Waals surface area contributed by atoms with Gasteiger partial charge in [0.1, 0.15) is 11.2 Å². The van der Waals surface area contributed by atoms with Gasteiger partial charge in [0.25, 0.3) is 0 Å². The van der Waals surface area contributed by atoms with Crippen molar-refractivity contribution < 1.29 is 4.42 Å². The van der Waals surface area contributed by atoms with E-state index in [1.807, 2.05) is 36.4 Å². The van der Waals surface area contributed by atoms with E-state index in [1.165, 1.54) is 21.7 Å². The minimum Gasteiger partial charge on any atom is -0.436 e. The fourth-order valence-electron chi connectivity index (χ4n) is 7.53. The fraction of sp³-hybridized carbons (Fsp3) is 0. The van der Waals surface area contributed by atoms with Crippen LogP contribution in [0.2, 0.25) is 0 Å². The molecular formula is C43H25N5O. The van der Waals surface area contributed by atoms with Crippen molar-refractivity contribution in [3.8, 4) is 28.5 Å². The van der Waals surface area contributed by atoms with Gasteiger partial charge in [0.15, 0.2) is 5.58 Å². The maximum absolute atomic E-state index is 6.07. The van der Waals surface area contributed by atoms with E-state index in [0.29, 0.717) is 5.89 Å². The molecular weight excluding hydrogens is 603 g/mol. The number of fused-ring (bicyclic) bond motifs is 11. The van der Waals surface area contributed by atoms with Crippen LogP contribution in [0.25, 0.3) is 99.8 Å². The quantitative estimate of drug-likeness (QED) is 0.196. The lowest BCUT2D eigenvalue weighted by atomic mass is 9.94. The summed E-state index contributed by atoms with van der Waals surface area (Å²) in [4.78, 5) is 15.2. The van der Waals surface area contributed by atoms with Gasteiger partial charge in [0.2, 0.25) is 11.8 Å². The molecule has 7 aromatic carbocycles. The molecule has 0 saturated heterocycles. The number of imidazole rings is 1. The van der Waals surface area contributed by atoms with E-state index in [4.69, 9.17) is 19.4 Å². The molecule has 0 saturated carbocycles. The first kappa shape index (κ1) is 26.3. The smallest absolute Gasteiger partial charge is 0.227 e. The topological polar surface area (TPSA) is 61.2 Å². The van der Waals surface area contributed by atoms with E-state index < -0.39 is 0 Å². The first-order valence-electron chi connectivity index (χ1n) is 16.4. The summed E-state index contributed by atoms with van der Waals surface area (Å²) in [5, 5.41) is 5.68. The molecule has 0 atom stereocenters. The standard InChI is InChI=1S/C43H25N5O/c1-2-13-30-28(11-1)32(26-21-23-27(24-22-26)42-45-36-17-7-10-20-39(36)49-42)25-33-29-12-4-8-18-37(29)47(40(30)33)43-46-34-15-5-3-14-31(34)41-44-35-16-6-9-19-38(35)48(41)43/h1-25H. The van der Waals surface area contributed by atoms with Gasteiger partial charge in [0.05, 0.1) is 27.6 Å². The molecule has 0 aliphatic heterocycles. The van der Waals surface area contributed by atoms with Crippen LogP contribution in [0.5, 0.6) is 0 Å². The summed E-state index contributed by atoms with van der Waals surface area (Å²) in [5.74, 6) is 1.44. The first-order valence-corrected chi connectivity index (χ1v) is 16.4. The maximum atomic E-state index is 6.07. The van der Waals surface area contributed by atoms with Crippen molar-refractivity contribution in [1.29, 1.82) is 0 Å². The van der Waals surface area contributed by atoms with Crippen LogP contribution in [-0.4, -0.2) is 23.9 Å². The Kier molecular flexibility index (Phi) is 5.29. The molecule has 0 fully saturated rings. The third kappa shape index (κ3) is 3.74. The molecule has 49 heavy (non-hydrogen) atoms. The highest BCUT2D eigenvalue weighted by molar-refractivity contribution is 6.22. The predicted molar refractivity (Wildman–Crippen MR) is 198 cm³/mol. The Bertz CT molecular complexity index is 3080. The average Bonchev–Trinajstić information content (AvgIpc) is 3.87. The number of para-hydroxylation sites is 6. The first-order chi connectivity index (χ1) is 24.3. The molecule has 0 unspecified atom stereocenters. The fourth-order valence-corrected chi connectivity index (χ4v) is 7.53. The van der Waals surface area contributed by atoms with Crippen molar-refractivity contribution in [2.24, 2.45) is 0 Å². The van der Waals surface area contributed by atoms with E-state index in [1.54, 1.807) is 0 Å². The van der Waals surface area contributed by atoms with Gasteiger partial charge in [-0.3, -0.25) is 8.97 Å². The van der Waals surface area contributed by atoms with Crippen LogP contribution in [0.4, 0.5) is 0 Å². The van der Waals surface area contributed by atoms with E-state index in [9.17, 15) is 0 Å². The van der Waals surface area contributed by atoms with Crippen molar-refractivity contribution in [3.05, 3.63) is 152 Å². The molecule has 0 spiro atoms. The Hall–Kier alpha value is -6.79. The third-order valence-electron chi connectivity index (χ3n) is 9.74. The number of hydrogen-bond acceptors (Lipinski definition) is 4. The molecule has 11 rings (SSSR count). The zero-order chi connectivity index (χ0) is 32.1. The molecule has 6 nitrogen and oxygen atoms in total. The van der Waals surface area contributed by atoms with E-state index in [0.717, 1.165) is 72.2 Å². The van der Waals surface area contributed by atoms with Crippen LogP contribution in [0.15, 0.2) is 156 Å². The van der Waals surface area contributed by atoms with Crippen LogP contribution in [0.1, 0.15) is 0 Å². The number of rotatable bonds is 3. The van der Waals surface area contributed by atoms with Crippen molar-refractivity contribution in [1.82, 2.24) is 23.9 Å². The normalized spacial score (nSPS) is 12.1. The second kappa shape index (κ2) is 9.86. The maximum Gasteiger partial charge on any atom is 0.227 e. The largest absolute Gasteiger partial charge is 0.436 e. The minimum atomic E-state index is 0.623. The lowest BCUT2D eigenvalue weighted by Gasteiger charge is -2.15. The van der Waals surface area contributed by atoms with E-state index >= 15 is 0 Å². The van der Waals surface area contributed by atoms with Crippen LogP contribution < -0.4 is 0 Å². The summed E-state index contributed by atoms with van der Waals surface area (Å²) < 4.78 is 10.6. The SMILES string of the molecule is c1ccc2oc(-c3ccc(-c4cc5c6ccccc6n(-c6nc7ccccc7c7nc8ccccc8n67)c5c5ccccc45)cc3)nc2c1. The van der Waals surface area contributed by atoms with Crippen molar-refractivity contribution in [3.63, 3.8) is 0 Å². The van der Waals surface area contributed by atoms with Crippen LogP contribution in [-0.2, 0) is 0 Å². The van der Waals surface area contributed by atoms with Crippen LogP contribution in [0.3, 0.4) is 0 Å². The van der Waals surface area contributed by atoms with Gasteiger partial charge < -0.3 is 4.42 Å². The van der Waals surface area contributed by atoms with Gasteiger partial charge in [0, 0.05) is 27.1 Å². The molecule has 0 N–H and O–H groups in total. The Labute approximate surface area is 279 Å². The Morgan fingerprint density at radius 3 is 1.90 bits per heavy atom. The predicted octanol–water partition coefficient (Wildman–Crippen LogP) is 10.8. The Balaban J connectivity index is 1.21. The number of hydrogen-bond donors (Lipinski definition) is 0.